The van der Waals surface area contributed by atoms with Gasteiger partial charge in [-0.2, -0.15) is 0 Å². The van der Waals surface area contributed by atoms with Crippen molar-refractivity contribution in [1.82, 2.24) is 5.32 Å². The molecule has 1 amide bonds. The highest BCUT2D eigenvalue weighted by molar-refractivity contribution is 5.89. The summed E-state index contributed by atoms with van der Waals surface area (Å²) in [5.41, 5.74) is 0.733. The van der Waals surface area contributed by atoms with Gasteiger partial charge in [-0.05, 0) is 43.4 Å². The maximum Gasteiger partial charge on any atom is 0.335 e. The highest BCUT2D eigenvalue weighted by atomic mass is 19.1. The van der Waals surface area contributed by atoms with E-state index in [2.05, 4.69) is 5.32 Å². The van der Waals surface area contributed by atoms with Gasteiger partial charge < -0.3 is 10.4 Å². The summed E-state index contributed by atoms with van der Waals surface area (Å²) >= 11 is 0. The molecule has 0 heterocycles. The number of hydrogen-bond donors (Lipinski definition) is 2. The summed E-state index contributed by atoms with van der Waals surface area (Å²) in [6.45, 7) is 0. The zero-order valence-corrected chi connectivity index (χ0v) is 13.8. The van der Waals surface area contributed by atoms with Crippen LogP contribution in [0.2, 0.25) is 0 Å². The lowest BCUT2D eigenvalue weighted by Crippen LogP contribution is -2.51. The third-order valence-electron chi connectivity index (χ3n) is 4.84. The van der Waals surface area contributed by atoms with Crippen molar-refractivity contribution in [3.05, 3.63) is 71.0 Å². The molecule has 0 radical (unpaired) electrons. The van der Waals surface area contributed by atoms with Crippen LogP contribution in [0, 0.1) is 5.82 Å². The second-order valence-corrected chi connectivity index (χ2v) is 6.43. The Hall–Kier alpha value is -2.69. The minimum absolute atomic E-state index is 0.167. The number of rotatable bonds is 6. The minimum Gasteiger partial charge on any atom is -0.478 e. The molecule has 0 atom stereocenters. The van der Waals surface area contributed by atoms with Crippen molar-refractivity contribution in [1.29, 1.82) is 0 Å². The number of aryl methyl sites for hydroxylation is 1. The minimum atomic E-state index is -1.00. The lowest BCUT2D eigenvalue weighted by molar-refractivity contribution is -0.124. The number of carbonyl (C=O) groups excluding carboxylic acids is 1. The van der Waals surface area contributed by atoms with Crippen LogP contribution >= 0.6 is 0 Å². The van der Waals surface area contributed by atoms with Gasteiger partial charge in [-0.3, -0.25) is 4.79 Å². The summed E-state index contributed by atoms with van der Waals surface area (Å²) in [5, 5.41) is 12.2. The maximum absolute atomic E-state index is 14.1. The van der Waals surface area contributed by atoms with Crippen LogP contribution in [0.4, 0.5) is 4.39 Å². The predicted octanol–water partition coefficient (Wildman–Crippen LogP) is 3.65. The van der Waals surface area contributed by atoms with Gasteiger partial charge in [0.2, 0.25) is 5.91 Å². The summed E-state index contributed by atoms with van der Waals surface area (Å²) < 4.78 is 14.1. The van der Waals surface area contributed by atoms with Gasteiger partial charge in [0.1, 0.15) is 5.82 Å². The molecule has 0 saturated heterocycles. The fourth-order valence-corrected chi connectivity index (χ4v) is 3.37. The molecule has 2 N–H and O–H groups in total. The number of carboxylic acid groups (broad SMARTS) is 1. The second kappa shape index (κ2) is 7.05. The molecule has 1 saturated carbocycles. The van der Waals surface area contributed by atoms with Gasteiger partial charge in [0.15, 0.2) is 0 Å². The van der Waals surface area contributed by atoms with Crippen LogP contribution < -0.4 is 5.32 Å². The Morgan fingerprint density at radius 2 is 1.76 bits per heavy atom. The number of amides is 1. The van der Waals surface area contributed by atoms with Gasteiger partial charge in [0.05, 0.1) is 11.1 Å². The van der Waals surface area contributed by atoms with Crippen LogP contribution in [0.25, 0.3) is 0 Å². The molecule has 0 aliphatic heterocycles. The highest BCUT2D eigenvalue weighted by Crippen LogP contribution is 2.42. The van der Waals surface area contributed by atoms with Gasteiger partial charge in [0.25, 0.3) is 0 Å². The van der Waals surface area contributed by atoms with Crippen molar-refractivity contribution in [3.8, 4) is 0 Å². The number of carboxylic acids is 1. The van der Waals surface area contributed by atoms with Crippen LogP contribution in [0.1, 0.15) is 47.2 Å². The Bertz CT molecular complexity index is 799. The first-order valence-electron chi connectivity index (χ1n) is 8.39. The van der Waals surface area contributed by atoms with E-state index >= 15 is 0 Å². The first kappa shape index (κ1) is 17.1. The normalized spacial score (nSPS) is 15.2. The molecule has 1 aliphatic rings. The Labute approximate surface area is 145 Å². The third-order valence-corrected chi connectivity index (χ3v) is 4.84. The molecule has 2 aromatic rings. The SMILES string of the molecule is O=C(CCc1ccccc1C(=O)O)NC1(c2ccccc2F)CCC1. The van der Waals surface area contributed by atoms with E-state index in [0.717, 1.165) is 6.42 Å². The molecular formula is C20H20FNO3. The molecule has 0 unspecified atom stereocenters. The van der Waals surface area contributed by atoms with E-state index in [1.54, 1.807) is 36.4 Å². The predicted molar refractivity (Wildman–Crippen MR) is 91.8 cm³/mol. The van der Waals surface area contributed by atoms with Gasteiger partial charge in [-0.1, -0.05) is 36.4 Å². The Morgan fingerprint density at radius 1 is 1.08 bits per heavy atom. The fourth-order valence-electron chi connectivity index (χ4n) is 3.37. The molecule has 5 heteroatoms. The molecule has 0 spiro atoms. The average Bonchev–Trinajstić information content (AvgIpc) is 2.57. The molecule has 1 aliphatic carbocycles. The molecule has 3 rings (SSSR count). The van der Waals surface area contributed by atoms with Crippen molar-refractivity contribution in [2.75, 3.05) is 0 Å². The van der Waals surface area contributed by atoms with Crippen LogP contribution in [0.3, 0.4) is 0 Å². The smallest absolute Gasteiger partial charge is 0.335 e. The third kappa shape index (κ3) is 3.55. The summed E-state index contributed by atoms with van der Waals surface area (Å²) in [5.74, 6) is -1.50. The van der Waals surface area contributed by atoms with Gasteiger partial charge in [0, 0.05) is 12.0 Å². The van der Waals surface area contributed by atoms with Crippen molar-refractivity contribution < 1.29 is 19.1 Å². The van der Waals surface area contributed by atoms with E-state index in [-0.39, 0.29) is 23.7 Å². The number of hydrogen-bond acceptors (Lipinski definition) is 2. The lowest BCUT2D eigenvalue weighted by atomic mass is 9.71. The van der Waals surface area contributed by atoms with Crippen LogP contribution in [-0.4, -0.2) is 17.0 Å². The van der Waals surface area contributed by atoms with E-state index in [0.29, 0.717) is 30.4 Å². The Kier molecular flexibility index (Phi) is 4.83. The van der Waals surface area contributed by atoms with Crippen LogP contribution in [-0.2, 0) is 16.8 Å². The number of nitrogens with one attached hydrogen (secondary N) is 1. The van der Waals surface area contributed by atoms with Crippen molar-refractivity contribution in [2.24, 2.45) is 0 Å². The Morgan fingerprint density at radius 3 is 2.40 bits per heavy atom. The quantitative estimate of drug-likeness (QED) is 0.843. The molecule has 2 aromatic carbocycles. The largest absolute Gasteiger partial charge is 0.478 e. The summed E-state index contributed by atoms with van der Waals surface area (Å²) in [7, 11) is 0. The van der Waals surface area contributed by atoms with E-state index in [1.165, 1.54) is 12.1 Å². The molecule has 0 aromatic heterocycles. The standard InChI is InChI=1S/C20H20FNO3/c21-17-9-4-3-8-16(17)20(12-5-13-20)22-18(23)11-10-14-6-1-2-7-15(14)19(24)25/h1-4,6-9H,5,10-13H2,(H,22,23)(H,24,25). The molecule has 1 fully saturated rings. The van der Waals surface area contributed by atoms with E-state index in [1.807, 2.05) is 0 Å². The highest BCUT2D eigenvalue weighted by Gasteiger charge is 2.41. The Balaban J connectivity index is 1.69. The van der Waals surface area contributed by atoms with Gasteiger partial charge >= 0.3 is 5.97 Å². The maximum atomic E-state index is 14.1. The second-order valence-electron chi connectivity index (χ2n) is 6.43. The number of aromatic carboxylic acids is 1. The van der Waals surface area contributed by atoms with Gasteiger partial charge in [-0.15, -0.1) is 0 Å². The van der Waals surface area contributed by atoms with E-state index in [4.69, 9.17) is 0 Å². The summed E-state index contributed by atoms with van der Waals surface area (Å²) in [6, 6.07) is 13.2. The summed E-state index contributed by atoms with van der Waals surface area (Å²) in [6.07, 6.45) is 2.87. The molecule has 25 heavy (non-hydrogen) atoms. The molecular weight excluding hydrogens is 321 g/mol. The average molecular weight is 341 g/mol. The first-order chi connectivity index (χ1) is 12.0. The van der Waals surface area contributed by atoms with Crippen LogP contribution in [0.15, 0.2) is 48.5 Å². The summed E-state index contributed by atoms with van der Waals surface area (Å²) in [4.78, 5) is 23.6. The number of halogens is 1. The van der Waals surface area contributed by atoms with Crippen molar-refractivity contribution in [3.63, 3.8) is 0 Å². The molecule has 4 nitrogen and oxygen atoms in total. The monoisotopic (exact) mass is 341 g/mol. The van der Waals surface area contributed by atoms with Crippen molar-refractivity contribution >= 4 is 11.9 Å². The van der Waals surface area contributed by atoms with E-state index < -0.39 is 11.5 Å². The van der Waals surface area contributed by atoms with Crippen molar-refractivity contribution in [2.45, 2.75) is 37.6 Å². The topological polar surface area (TPSA) is 66.4 Å². The van der Waals surface area contributed by atoms with Gasteiger partial charge in [-0.25, -0.2) is 9.18 Å². The fraction of sp³-hybridized carbons (Fsp3) is 0.300. The van der Waals surface area contributed by atoms with E-state index in [9.17, 15) is 19.1 Å². The zero-order valence-electron chi connectivity index (χ0n) is 13.8. The molecule has 0 bridgehead atoms. The number of benzene rings is 2. The number of carbonyl (C=O) groups is 2. The lowest BCUT2D eigenvalue weighted by Gasteiger charge is -2.43. The van der Waals surface area contributed by atoms with Crippen LogP contribution in [0.5, 0.6) is 0 Å². The molecule has 130 valence electrons. The first-order valence-corrected chi connectivity index (χ1v) is 8.39. The zero-order chi connectivity index (χ0) is 17.9.